The quantitative estimate of drug-likeness (QED) is 0.103. The molecule has 230 valence electrons. The molecule has 0 bridgehead atoms. The highest BCUT2D eigenvalue weighted by Crippen LogP contribution is 2.37. The van der Waals surface area contributed by atoms with Gasteiger partial charge in [0.05, 0.1) is 0 Å². The third-order valence-electron chi connectivity index (χ3n) is 6.81. The molecule has 1 unspecified atom stereocenters. The summed E-state index contributed by atoms with van der Waals surface area (Å²) >= 11 is 14.1. The summed E-state index contributed by atoms with van der Waals surface area (Å²) in [5.41, 5.74) is 3.86. The molecule has 0 radical (unpaired) electrons. The van der Waals surface area contributed by atoms with E-state index in [2.05, 4.69) is 16.0 Å². The molecule has 1 atom stereocenters. The fourth-order valence-corrected chi connectivity index (χ4v) is 6.05. The summed E-state index contributed by atoms with van der Waals surface area (Å²) in [6.45, 7) is 1.97. The lowest BCUT2D eigenvalue weighted by Gasteiger charge is -2.18. The molecule has 0 aliphatic heterocycles. The minimum absolute atomic E-state index is 0.0423. The Labute approximate surface area is 281 Å². The average molecular weight is 667 g/mol. The first-order valence-electron chi connectivity index (χ1n) is 14.3. The van der Waals surface area contributed by atoms with E-state index in [0.717, 1.165) is 21.7 Å². The molecule has 46 heavy (non-hydrogen) atoms. The number of benzene rings is 5. The number of rotatable bonds is 10. The van der Waals surface area contributed by atoms with Gasteiger partial charge in [-0.25, -0.2) is 0 Å². The zero-order valence-corrected chi connectivity index (χ0v) is 27.0. The van der Waals surface area contributed by atoms with Gasteiger partial charge in [-0.1, -0.05) is 89.9 Å². The number of carbonyl (C=O) groups is 3. The number of halogens is 2. The summed E-state index contributed by atoms with van der Waals surface area (Å²) in [6.07, 6.45) is 1.45. The van der Waals surface area contributed by atoms with E-state index < -0.39 is 17.1 Å². The van der Waals surface area contributed by atoms with Crippen LogP contribution in [-0.2, 0) is 9.59 Å². The number of hydrogen-bond acceptors (Lipinski definition) is 4. The standard InChI is InChI=1S/C37H29Cl2N3O3S/c1-24-10-8-15-28(22-24)41-37(45)34(25-11-4-2-5-12-25)46-29-20-18-27(19-21-29)40-36(44)33(23-30-31(38)16-9-17-32(30)39)42-35(43)26-13-6-3-7-14-26/h2-23,34H,1H3,(H,40,44)(H,41,45)(H,42,43)/b33-23-. The van der Waals surface area contributed by atoms with Crippen LogP contribution in [0.3, 0.4) is 0 Å². The van der Waals surface area contributed by atoms with Crippen LogP contribution < -0.4 is 16.0 Å². The molecule has 0 fully saturated rings. The zero-order chi connectivity index (χ0) is 32.5. The maximum atomic E-state index is 13.5. The van der Waals surface area contributed by atoms with Crippen molar-refractivity contribution >= 4 is 70.1 Å². The highest BCUT2D eigenvalue weighted by Gasteiger charge is 2.23. The summed E-state index contributed by atoms with van der Waals surface area (Å²) < 4.78 is 0. The fourth-order valence-electron chi connectivity index (χ4n) is 4.52. The molecule has 0 spiro atoms. The number of thioether (sulfide) groups is 1. The molecular formula is C37H29Cl2N3O3S. The Balaban J connectivity index is 1.35. The Kier molecular flexibility index (Phi) is 10.9. The van der Waals surface area contributed by atoms with Gasteiger partial charge in [0, 0.05) is 37.4 Å². The average Bonchev–Trinajstić information content (AvgIpc) is 3.06. The molecule has 3 amide bonds. The molecule has 0 saturated heterocycles. The fraction of sp³-hybridized carbons (Fsp3) is 0.0541. The minimum atomic E-state index is -0.569. The summed E-state index contributed by atoms with van der Waals surface area (Å²) in [5.74, 6) is -1.19. The van der Waals surface area contributed by atoms with Crippen LogP contribution in [0.1, 0.15) is 32.3 Å². The lowest BCUT2D eigenvalue weighted by molar-refractivity contribution is -0.116. The van der Waals surface area contributed by atoms with Crippen LogP contribution in [-0.4, -0.2) is 17.7 Å². The molecule has 5 aromatic rings. The van der Waals surface area contributed by atoms with Gasteiger partial charge in [0.15, 0.2) is 0 Å². The van der Waals surface area contributed by atoms with Gasteiger partial charge in [-0.2, -0.15) is 0 Å². The van der Waals surface area contributed by atoms with Crippen LogP contribution >= 0.6 is 35.0 Å². The first-order chi connectivity index (χ1) is 22.3. The first kappa shape index (κ1) is 32.6. The molecule has 0 aliphatic carbocycles. The van der Waals surface area contributed by atoms with E-state index in [1.807, 2.05) is 73.7 Å². The topological polar surface area (TPSA) is 87.3 Å². The Morgan fingerprint density at radius 1 is 0.696 bits per heavy atom. The molecule has 0 saturated carbocycles. The monoisotopic (exact) mass is 665 g/mol. The smallest absolute Gasteiger partial charge is 0.272 e. The number of anilines is 2. The van der Waals surface area contributed by atoms with Crippen molar-refractivity contribution in [2.24, 2.45) is 0 Å². The minimum Gasteiger partial charge on any atom is -0.325 e. The second kappa shape index (κ2) is 15.5. The molecule has 5 aromatic carbocycles. The molecule has 0 aliphatic rings. The van der Waals surface area contributed by atoms with Crippen molar-refractivity contribution in [1.82, 2.24) is 5.32 Å². The van der Waals surface area contributed by atoms with E-state index in [1.54, 1.807) is 60.7 Å². The van der Waals surface area contributed by atoms with Crippen molar-refractivity contribution in [2.75, 3.05) is 10.6 Å². The molecule has 0 aromatic heterocycles. The maximum absolute atomic E-state index is 13.5. The number of nitrogens with one attached hydrogen (secondary N) is 3. The van der Waals surface area contributed by atoms with E-state index >= 15 is 0 Å². The van der Waals surface area contributed by atoms with E-state index in [9.17, 15) is 14.4 Å². The molecular weight excluding hydrogens is 637 g/mol. The van der Waals surface area contributed by atoms with Crippen LogP contribution in [0.15, 0.2) is 138 Å². The predicted molar refractivity (Wildman–Crippen MR) is 188 cm³/mol. The van der Waals surface area contributed by atoms with Gasteiger partial charge in [0.2, 0.25) is 5.91 Å². The molecule has 0 heterocycles. The van der Waals surface area contributed by atoms with Crippen LogP contribution in [0.5, 0.6) is 0 Å². The lowest BCUT2D eigenvalue weighted by atomic mass is 10.1. The van der Waals surface area contributed by atoms with Crippen molar-refractivity contribution < 1.29 is 14.4 Å². The van der Waals surface area contributed by atoms with Crippen molar-refractivity contribution in [3.63, 3.8) is 0 Å². The Morgan fingerprint density at radius 2 is 1.33 bits per heavy atom. The van der Waals surface area contributed by atoms with Gasteiger partial charge < -0.3 is 16.0 Å². The first-order valence-corrected chi connectivity index (χ1v) is 15.9. The van der Waals surface area contributed by atoms with Gasteiger partial charge in [-0.05, 0) is 84.8 Å². The third kappa shape index (κ3) is 8.67. The molecule has 5 rings (SSSR count). The van der Waals surface area contributed by atoms with E-state index in [1.165, 1.54) is 17.8 Å². The molecule has 9 heteroatoms. The number of aryl methyl sites for hydroxylation is 1. The number of amides is 3. The second-order valence-corrected chi connectivity index (χ2v) is 12.3. The van der Waals surface area contributed by atoms with Crippen molar-refractivity contribution in [2.45, 2.75) is 17.1 Å². The highest BCUT2D eigenvalue weighted by atomic mass is 35.5. The third-order valence-corrected chi connectivity index (χ3v) is 8.73. The van der Waals surface area contributed by atoms with Crippen LogP contribution in [0, 0.1) is 6.92 Å². The Bertz CT molecular complexity index is 1860. The molecule has 3 N–H and O–H groups in total. The SMILES string of the molecule is Cc1cccc(NC(=O)C(Sc2ccc(NC(=O)/C(=C/c3c(Cl)cccc3Cl)NC(=O)c3ccccc3)cc2)c2ccccc2)c1. The normalized spacial score (nSPS) is 11.8. The predicted octanol–water partition coefficient (Wildman–Crippen LogP) is 9.18. The Morgan fingerprint density at radius 3 is 1.98 bits per heavy atom. The maximum Gasteiger partial charge on any atom is 0.272 e. The van der Waals surface area contributed by atoms with Gasteiger partial charge in [-0.15, -0.1) is 11.8 Å². The van der Waals surface area contributed by atoms with Crippen LogP contribution in [0.25, 0.3) is 6.08 Å². The van der Waals surface area contributed by atoms with Crippen LogP contribution in [0.2, 0.25) is 10.0 Å². The summed E-state index contributed by atoms with van der Waals surface area (Å²) in [4.78, 5) is 40.8. The summed E-state index contributed by atoms with van der Waals surface area (Å²) in [7, 11) is 0. The largest absolute Gasteiger partial charge is 0.325 e. The lowest BCUT2D eigenvalue weighted by Crippen LogP contribution is -2.30. The zero-order valence-electron chi connectivity index (χ0n) is 24.7. The van der Waals surface area contributed by atoms with Gasteiger partial charge in [-0.3, -0.25) is 14.4 Å². The van der Waals surface area contributed by atoms with Crippen molar-refractivity contribution in [1.29, 1.82) is 0 Å². The number of carbonyl (C=O) groups excluding carboxylic acids is 3. The Hall–Kier alpha value is -4.82. The van der Waals surface area contributed by atoms with Gasteiger partial charge >= 0.3 is 0 Å². The van der Waals surface area contributed by atoms with Gasteiger partial charge in [0.1, 0.15) is 10.9 Å². The second-order valence-electron chi connectivity index (χ2n) is 10.3. The molecule has 6 nitrogen and oxygen atoms in total. The summed E-state index contributed by atoms with van der Waals surface area (Å²) in [6, 6.07) is 37.9. The van der Waals surface area contributed by atoms with E-state index in [0.29, 0.717) is 26.9 Å². The van der Waals surface area contributed by atoms with E-state index in [4.69, 9.17) is 23.2 Å². The summed E-state index contributed by atoms with van der Waals surface area (Å²) in [5, 5.41) is 8.69. The highest BCUT2D eigenvalue weighted by molar-refractivity contribution is 8.00. The van der Waals surface area contributed by atoms with Crippen molar-refractivity contribution in [3.8, 4) is 0 Å². The number of hydrogen-bond donors (Lipinski definition) is 3. The van der Waals surface area contributed by atoms with Gasteiger partial charge in [0.25, 0.3) is 11.8 Å². The van der Waals surface area contributed by atoms with Crippen LogP contribution in [0.4, 0.5) is 11.4 Å². The van der Waals surface area contributed by atoms with Crippen molar-refractivity contribution in [3.05, 3.63) is 165 Å². The van der Waals surface area contributed by atoms with E-state index in [-0.39, 0.29) is 11.6 Å².